The van der Waals surface area contributed by atoms with Gasteiger partial charge in [0.05, 0.1) is 41.6 Å². The Bertz CT molecular complexity index is 1900. The van der Waals surface area contributed by atoms with Crippen LogP contribution in [0.1, 0.15) is 45.9 Å². The molecule has 0 saturated carbocycles. The number of amides is 2. The van der Waals surface area contributed by atoms with Gasteiger partial charge in [-0.3, -0.25) is 14.6 Å². The lowest BCUT2D eigenvalue weighted by Gasteiger charge is -2.48. The largest absolute Gasteiger partial charge is 0.489 e. The first kappa shape index (κ1) is 38.4. The number of hydrogen-bond acceptors (Lipinski definition) is 7. The molecular weight excluding hydrogens is 718 g/mol. The summed E-state index contributed by atoms with van der Waals surface area (Å²) in [6.45, 7) is 1.41. The van der Waals surface area contributed by atoms with Crippen molar-refractivity contribution in [3.63, 3.8) is 0 Å². The summed E-state index contributed by atoms with van der Waals surface area (Å²) in [6, 6.07) is 19.9. The van der Waals surface area contributed by atoms with Crippen molar-refractivity contribution in [3.05, 3.63) is 120 Å². The van der Waals surface area contributed by atoms with Crippen LogP contribution in [0.4, 0.5) is 32.0 Å². The SMILES string of the molecule is COCCOc1ccccc1N1CCN(C(=O)C2(Oc3ccc(C(F)(F)F)cc3)CC[C@H](c3ccccc3)N(C(=O)c3cnccc3C(F)(F)F)C2)CC1. The molecule has 286 valence electrons. The summed E-state index contributed by atoms with van der Waals surface area (Å²) in [4.78, 5) is 37.7. The van der Waals surface area contributed by atoms with Crippen LogP contribution in [0.15, 0.2) is 97.3 Å². The molecule has 54 heavy (non-hydrogen) atoms. The minimum Gasteiger partial charge on any atom is -0.489 e. The smallest absolute Gasteiger partial charge is 0.417 e. The standard InChI is InChI=1S/C39H38F6N4O5/c1-52-23-24-53-34-10-6-5-9-33(34)47-19-21-48(22-20-47)36(51)37(54-29-13-11-28(12-14-29)38(40,41)42)17-15-32(27-7-3-2-4-8-27)49(26-37)35(50)30-25-46-18-16-31(30)39(43,44)45/h2-14,16,18,25,32H,15,17,19-24,26H2,1H3/t32-,37?/m1/s1. The lowest BCUT2D eigenvalue weighted by atomic mass is 9.83. The number of pyridine rings is 1. The highest BCUT2D eigenvalue weighted by molar-refractivity contribution is 5.97. The van der Waals surface area contributed by atoms with Gasteiger partial charge in [-0.05, 0) is 54.4 Å². The zero-order chi connectivity index (χ0) is 38.5. The highest BCUT2D eigenvalue weighted by atomic mass is 19.4. The molecule has 2 amide bonds. The van der Waals surface area contributed by atoms with E-state index in [0.717, 1.165) is 42.3 Å². The van der Waals surface area contributed by atoms with Crippen LogP contribution in [-0.4, -0.2) is 85.2 Å². The van der Waals surface area contributed by atoms with E-state index in [1.165, 1.54) is 4.90 Å². The first-order chi connectivity index (χ1) is 25.8. The lowest BCUT2D eigenvalue weighted by Crippen LogP contribution is -2.64. The molecule has 2 atom stereocenters. The number of anilines is 1. The van der Waals surface area contributed by atoms with Crippen molar-refractivity contribution in [2.24, 2.45) is 0 Å². The Morgan fingerprint density at radius 1 is 0.833 bits per heavy atom. The first-order valence-corrected chi connectivity index (χ1v) is 17.3. The Kier molecular flexibility index (Phi) is 11.4. The fraction of sp³-hybridized carbons (Fsp3) is 0.359. The Balaban J connectivity index is 1.35. The van der Waals surface area contributed by atoms with Crippen molar-refractivity contribution in [2.75, 3.05) is 57.9 Å². The minimum atomic E-state index is -4.89. The number of alkyl halides is 6. The van der Waals surface area contributed by atoms with Crippen LogP contribution in [0.3, 0.4) is 0 Å². The van der Waals surface area contributed by atoms with Crippen molar-refractivity contribution in [2.45, 2.75) is 36.8 Å². The Labute approximate surface area is 308 Å². The van der Waals surface area contributed by atoms with Gasteiger partial charge in [0.15, 0.2) is 0 Å². The fourth-order valence-corrected chi connectivity index (χ4v) is 6.95. The predicted octanol–water partition coefficient (Wildman–Crippen LogP) is 7.29. The van der Waals surface area contributed by atoms with E-state index in [4.69, 9.17) is 14.2 Å². The summed E-state index contributed by atoms with van der Waals surface area (Å²) in [5.74, 6) is -0.996. The van der Waals surface area contributed by atoms with Gasteiger partial charge in [-0.25, -0.2) is 0 Å². The Hall–Kier alpha value is -5.31. The van der Waals surface area contributed by atoms with E-state index < -0.39 is 59.0 Å². The number of piperidine rings is 1. The third kappa shape index (κ3) is 8.40. The summed E-state index contributed by atoms with van der Waals surface area (Å²) < 4.78 is 100. The molecule has 1 aromatic heterocycles. The Morgan fingerprint density at radius 2 is 1.52 bits per heavy atom. The second-order valence-electron chi connectivity index (χ2n) is 13.0. The van der Waals surface area contributed by atoms with Crippen molar-refractivity contribution < 1.29 is 50.1 Å². The molecule has 0 bridgehead atoms. The van der Waals surface area contributed by atoms with E-state index >= 15 is 0 Å². The van der Waals surface area contributed by atoms with Crippen LogP contribution < -0.4 is 14.4 Å². The molecule has 4 aromatic rings. The molecule has 6 rings (SSSR count). The second-order valence-corrected chi connectivity index (χ2v) is 13.0. The normalized spacial score (nSPS) is 19.4. The van der Waals surface area contributed by atoms with E-state index in [1.54, 1.807) is 42.3 Å². The molecule has 0 spiro atoms. The van der Waals surface area contributed by atoms with E-state index in [1.807, 2.05) is 24.3 Å². The zero-order valence-electron chi connectivity index (χ0n) is 29.3. The highest BCUT2D eigenvalue weighted by Gasteiger charge is 2.52. The van der Waals surface area contributed by atoms with Crippen molar-refractivity contribution >= 4 is 17.5 Å². The van der Waals surface area contributed by atoms with Crippen LogP contribution in [0, 0.1) is 0 Å². The molecular formula is C39H38F6N4O5. The first-order valence-electron chi connectivity index (χ1n) is 17.3. The molecule has 2 saturated heterocycles. The van der Waals surface area contributed by atoms with Gasteiger partial charge < -0.3 is 28.9 Å². The summed E-state index contributed by atoms with van der Waals surface area (Å²) >= 11 is 0. The molecule has 2 aliphatic heterocycles. The number of carbonyl (C=O) groups is 2. The average molecular weight is 757 g/mol. The van der Waals surface area contributed by atoms with E-state index in [2.05, 4.69) is 9.88 Å². The third-order valence-electron chi connectivity index (χ3n) is 9.63. The van der Waals surface area contributed by atoms with Gasteiger partial charge in [0.2, 0.25) is 5.60 Å². The number of hydrogen-bond donors (Lipinski definition) is 0. The number of carbonyl (C=O) groups excluding carboxylic acids is 2. The van der Waals surface area contributed by atoms with Crippen LogP contribution in [0.2, 0.25) is 0 Å². The fourth-order valence-electron chi connectivity index (χ4n) is 6.95. The average Bonchev–Trinajstić information content (AvgIpc) is 3.17. The van der Waals surface area contributed by atoms with Gasteiger partial charge in [0.25, 0.3) is 11.8 Å². The number of likely N-dealkylation sites (tertiary alicyclic amines) is 1. The van der Waals surface area contributed by atoms with Crippen molar-refractivity contribution in [1.82, 2.24) is 14.8 Å². The number of rotatable bonds is 10. The van der Waals surface area contributed by atoms with Crippen LogP contribution in [0.5, 0.6) is 11.5 Å². The zero-order valence-corrected chi connectivity index (χ0v) is 29.3. The van der Waals surface area contributed by atoms with Crippen LogP contribution in [0.25, 0.3) is 0 Å². The van der Waals surface area contributed by atoms with Crippen LogP contribution in [-0.2, 0) is 21.9 Å². The van der Waals surface area contributed by atoms with Gasteiger partial charge in [-0.2, -0.15) is 26.3 Å². The number of aromatic nitrogens is 1. The maximum Gasteiger partial charge on any atom is 0.417 e. The number of halogens is 6. The quantitative estimate of drug-likeness (QED) is 0.124. The van der Waals surface area contributed by atoms with Gasteiger partial charge >= 0.3 is 12.4 Å². The topological polar surface area (TPSA) is 84.4 Å². The maximum atomic E-state index is 14.8. The second kappa shape index (κ2) is 16.0. The molecule has 0 aliphatic carbocycles. The molecule has 2 fully saturated rings. The number of benzene rings is 3. The van der Waals surface area contributed by atoms with Crippen molar-refractivity contribution in [3.8, 4) is 11.5 Å². The number of nitrogens with zero attached hydrogens (tertiary/aromatic N) is 4. The number of methoxy groups -OCH3 is 1. The maximum absolute atomic E-state index is 14.8. The summed E-state index contributed by atoms with van der Waals surface area (Å²) in [7, 11) is 1.57. The van der Waals surface area contributed by atoms with E-state index in [9.17, 15) is 35.9 Å². The summed E-state index contributed by atoms with van der Waals surface area (Å²) in [5, 5.41) is 0. The van der Waals surface area contributed by atoms with Gasteiger partial charge in [0, 0.05) is 52.1 Å². The molecule has 15 heteroatoms. The molecule has 1 unspecified atom stereocenters. The van der Waals surface area contributed by atoms with Crippen LogP contribution >= 0.6 is 0 Å². The predicted molar refractivity (Wildman–Crippen MR) is 186 cm³/mol. The molecule has 2 aliphatic rings. The lowest BCUT2D eigenvalue weighted by molar-refractivity contribution is -0.154. The van der Waals surface area contributed by atoms with E-state index in [0.29, 0.717) is 43.7 Å². The van der Waals surface area contributed by atoms with Crippen molar-refractivity contribution in [1.29, 1.82) is 0 Å². The Morgan fingerprint density at radius 3 is 2.19 bits per heavy atom. The summed E-state index contributed by atoms with van der Waals surface area (Å²) in [6.07, 6.45) is -7.63. The van der Waals surface area contributed by atoms with Gasteiger partial charge in [-0.1, -0.05) is 42.5 Å². The third-order valence-corrected chi connectivity index (χ3v) is 9.63. The molecule has 3 heterocycles. The molecule has 3 aromatic carbocycles. The summed E-state index contributed by atoms with van der Waals surface area (Å²) in [5.41, 5.74) is -3.26. The highest BCUT2D eigenvalue weighted by Crippen LogP contribution is 2.42. The minimum absolute atomic E-state index is 0.00571. The molecule has 0 radical (unpaired) electrons. The molecule has 0 N–H and O–H groups in total. The monoisotopic (exact) mass is 756 g/mol. The molecule has 9 nitrogen and oxygen atoms in total. The number of para-hydroxylation sites is 2. The number of piperazine rings is 1. The number of ether oxygens (including phenoxy) is 3. The van der Waals surface area contributed by atoms with Gasteiger partial charge in [-0.15, -0.1) is 0 Å². The van der Waals surface area contributed by atoms with Gasteiger partial charge in [0.1, 0.15) is 18.1 Å². The van der Waals surface area contributed by atoms with E-state index in [-0.39, 0.29) is 31.7 Å².